The molecule has 1 heterocycles. The maximum Gasteiger partial charge on any atom is 0.225 e. The summed E-state index contributed by atoms with van der Waals surface area (Å²) in [4.78, 5) is 15.2. The Morgan fingerprint density at radius 1 is 1.19 bits per heavy atom. The van der Waals surface area contributed by atoms with Crippen LogP contribution in [0.15, 0.2) is 48.5 Å². The number of piperidine rings is 1. The molecule has 1 amide bonds. The van der Waals surface area contributed by atoms with Crippen LogP contribution < -0.4 is 10.5 Å². The number of unbranched alkanes of at least 4 members (excludes halogenated alkanes) is 1. The van der Waals surface area contributed by atoms with E-state index in [-0.39, 0.29) is 23.8 Å². The molecule has 37 heavy (non-hydrogen) atoms. The Balaban J connectivity index is 1.60. The SMILES string of the molecule is COCCCC[C@@](O)(c1ccccc1Oc1cccc(F)c1)C1CCCN(C(=O)[C@H]2C[C@@H](N)[C@@H](O)C2)C1. The van der Waals surface area contributed by atoms with Gasteiger partial charge in [-0.15, -0.1) is 0 Å². The first kappa shape index (κ1) is 27.5. The van der Waals surface area contributed by atoms with E-state index < -0.39 is 17.5 Å². The smallest absolute Gasteiger partial charge is 0.225 e. The summed E-state index contributed by atoms with van der Waals surface area (Å²) < 4.78 is 25.1. The monoisotopic (exact) mass is 514 g/mol. The topological polar surface area (TPSA) is 105 Å². The summed E-state index contributed by atoms with van der Waals surface area (Å²) in [6, 6.07) is 12.9. The Morgan fingerprint density at radius 2 is 2.00 bits per heavy atom. The molecule has 1 saturated heterocycles. The Bertz CT molecular complexity index is 1040. The van der Waals surface area contributed by atoms with Gasteiger partial charge in [0.15, 0.2) is 0 Å². The number of likely N-dealkylation sites (tertiary alicyclic amines) is 1. The minimum Gasteiger partial charge on any atom is -0.457 e. The van der Waals surface area contributed by atoms with E-state index >= 15 is 0 Å². The van der Waals surface area contributed by atoms with Crippen LogP contribution >= 0.6 is 0 Å². The molecule has 0 radical (unpaired) electrons. The predicted molar refractivity (Wildman–Crippen MR) is 139 cm³/mol. The van der Waals surface area contributed by atoms with Crippen LogP contribution in [-0.2, 0) is 15.1 Å². The summed E-state index contributed by atoms with van der Waals surface area (Å²) in [5.74, 6) is -0.0840. The van der Waals surface area contributed by atoms with Gasteiger partial charge in [-0.25, -0.2) is 4.39 Å². The van der Waals surface area contributed by atoms with Gasteiger partial charge in [0, 0.05) is 56.3 Å². The first-order valence-electron chi connectivity index (χ1n) is 13.3. The number of benzene rings is 2. The van der Waals surface area contributed by atoms with Crippen molar-refractivity contribution >= 4 is 5.91 Å². The maximum absolute atomic E-state index is 13.8. The summed E-state index contributed by atoms with van der Waals surface area (Å²) in [5, 5.41) is 22.4. The van der Waals surface area contributed by atoms with Crippen molar-refractivity contribution in [2.24, 2.45) is 17.6 Å². The maximum atomic E-state index is 13.8. The number of aliphatic hydroxyl groups is 2. The zero-order chi connectivity index (χ0) is 26.4. The summed E-state index contributed by atoms with van der Waals surface area (Å²) in [7, 11) is 1.66. The molecule has 4 rings (SSSR count). The van der Waals surface area contributed by atoms with E-state index in [4.69, 9.17) is 15.2 Å². The molecule has 2 aromatic carbocycles. The fourth-order valence-electron chi connectivity index (χ4n) is 5.85. The molecule has 2 fully saturated rings. The number of carbonyl (C=O) groups excluding carboxylic acids is 1. The highest BCUT2D eigenvalue weighted by molar-refractivity contribution is 5.79. The number of aliphatic hydroxyl groups excluding tert-OH is 1. The van der Waals surface area contributed by atoms with Gasteiger partial charge in [-0.2, -0.15) is 0 Å². The number of methoxy groups -OCH3 is 1. The highest BCUT2D eigenvalue weighted by Gasteiger charge is 2.44. The minimum absolute atomic E-state index is 0.00253. The van der Waals surface area contributed by atoms with Crippen LogP contribution in [0.2, 0.25) is 0 Å². The van der Waals surface area contributed by atoms with Gasteiger partial charge in [-0.1, -0.05) is 24.3 Å². The van der Waals surface area contributed by atoms with E-state index in [0.717, 1.165) is 25.7 Å². The van der Waals surface area contributed by atoms with Crippen LogP contribution in [0.4, 0.5) is 4.39 Å². The molecule has 0 aromatic heterocycles. The van der Waals surface area contributed by atoms with E-state index in [2.05, 4.69) is 0 Å². The van der Waals surface area contributed by atoms with Crippen molar-refractivity contribution in [2.45, 2.75) is 62.7 Å². The lowest BCUT2D eigenvalue weighted by Gasteiger charge is -2.44. The number of halogens is 1. The Labute approximate surface area is 218 Å². The minimum atomic E-state index is -1.26. The van der Waals surface area contributed by atoms with Gasteiger partial charge in [-0.05, 0) is 63.1 Å². The third kappa shape index (κ3) is 6.49. The normalized spacial score (nSPS) is 25.6. The highest BCUT2D eigenvalue weighted by atomic mass is 19.1. The molecule has 0 bridgehead atoms. The van der Waals surface area contributed by atoms with Crippen molar-refractivity contribution in [3.8, 4) is 11.5 Å². The van der Waals surface area contributed by atoms with E-state index in [0.29, 0.717) is 56.0 Å². The van der Waals surface area contributed by atoms with Crippen molar-refractivity contribution in [3.05, 3.63) is 59.9 Å². The number of carbonyl (C=O) groups is 1. The average molecular weight is 515 g/mol. The largest absolute Gasteiger partial charge is 0.457 e. The Hall–Kier alpha value is -2.52. The van der Waals surface area contributed by atoms with Crippen molar-refractivity contribution in [1.29, 1.82) is 0 Å². The fraction of sp³-hybridized carbons (Fsp3) is 0.552. The second-order valence-corrected chi connectivity index (χ2v) is 10.5. The predicted octanol–water partition coefficient (Wildman–Crippen LogP) is 3.96. The van der Waals surface area contributed by atoms with Crippen LogP contribution in [0, 0.1) is 17.7 Å². The summed E-state index contributed by atoms with van der Waals surface area (Å²) in [6.07, 6.45) is 3.72. The molecule has 1 aliphatic carbocycles. The molecule has 2 aromatic rings. The molecule has 2 aliphatic rings. The second kappa shape index (κ2) is 12.3. The van der Waals surface area contributed by atoms with Crippen LogP contribution in [0.25, 0.3) is 0 Å². The molecule has 1 unspecified atom stereocenters. The van der Waals surface area contributed by atoms with Gasteiger partial charge < -0.3 is 30.3 Å². The molecule has 4 N–H and O–H groups in total. The van der Waals surface area contributed by atoms with Crippen LogP contribution in [0.3, 0.4) is 0 Å². The van der Waals surface area contributed by atoms with E-state index in [1.165, 1.54) is 12.1 Å². The highest BCUT2D eigenvalue weighted by Crippen LogP contribution is 2.44. The van der Waals surface area contributed by atoms with Crippen molar-refractivity contribution in [1.82, 2.24) is 4.90 Å². The first-order valence-corrected chi connectivity index (χ1v) is 13.3. The molecule has 7 nitrogen and oxygen atoms in total. The lowest BCUT2D eigenvalue weighted by molar-refractivity contribution is -0.141. The van der Waals surface area contributed by atoms with Crippen molar-refractivity contribution in [3.63, 3.8) is 0 Å². The average Bonchev–Trinajstić information content (AvgIpc) is 3.24. The Kier molecular flexibility index (Phi) is 9.18. The third-order valence-corrected chi connectivity index (χ3v) is 7.87. The Morgan fingerprint density at radius 3 is 2.73 bits per heavy atom. The number of hydrogen-bond donors (Lipinski definition) is 3. The number of nitrogens with zero attached hydrogens (tertiary/aromatic N) is 1. The fourth-order valence-corrected chi connectivity index (χ4v) is 5.85. The van der Waals surface area contributed by atoms with Gasteiger partial charge in [0.1, 0.15) is 17.3 Å². The molecule has 1 saturated carbocycles. The van der Waals surface area contributed by atoms with Crippen molar-refractivity contribution < 1.29 is 28.9 Å². The molecule has 8 heteroatoms. The zero-order valence-corrected chi connectivity index (χ0v) is 21.5. The van der Waals surface area contributed by atoms with Crippen LogP contribution in [0.5, 0.6) is 11.5 Å². The molecular formula is C29H39FN2O5. The van der Waals surface area contributed by atoms with Gasteiger partial charge in [-0.3, -0.25) is 4.79 Å². The number of ether oxygens (including phenoxy) is 2. The van der Waals surface area contributed by atoms with Crippen LogP contribution in [-0.4, -0.2) is 60.0 Å². The zero-order valence-electron chi connectivity index (χ0n) is 21.5. The number of amides is 1. The lowest BCUT2D eigenvalue weighted by Crippen LogP contribution is -2.49. The molecular weight excluding hydrogens is 475 g/mol. The summed E-state index contributed by atoms with van der Waals surface area (Å²) in [6.45, 7) is 1.63. The molecule has 0 spiro atoms. The molecule has 1 aliphatic heterocycles. The van der Waals surface area contributed by atoms with E-state index in [1.54, 1.807) is 25.3 Å². The number of hydrogen-bond acceptors (Lipinski definition) is 6. The van der Waals surface area contributed by atoms with E-state index in [1.807, 2.05) is 23.1 Å². The van der Waals surface area contributed by atoms with Crippen LogP contribution in [0.1, 0.15) is 50.5 Å². The van der Waals surface area contributed by atoms with Gasteiger partial charge >= 0.3 is 0 Å². The second-order valence-electron chi connectivity index (χ2n) is 10.5. The first-order chi connectivity index (χ1) is 17.8. The standard InChI is InChI=1S/C29H39FN2O5/c1-36-15-5-4-13-29(35,24-11-2-3-12-27(24)37-23-10-6-9-22(30)18-23)21-8-7-14-32(19-21)28(34)20-16-25(31)26(33)17-20/h2-3,6,9-12,18,20-21,25-26,33,35H,4-5,7-8,13-17,19,31H2,1H3/t20-,21?,25+,26-,29-/m0/s1. The summed E-state index contributed by atoms with van der Waals surface area (Å²) >= 11 is 0. The van der Waals surface area contributed by atoms with Crippen molar-refractivity contribution in [2.75, 3.05) is 26.8 Å². The molecule has 202 valence electrons. The third-order valence-electron chi connectivity index (χ3n) is 7.87. The van der Waals surface area contributed by atoms with Gasteiger partial charge in [0.05, 0.1) is 11.7 Å². The quantitative estimate of drug-likeness (QED) is 0.415. The molecule has 5 atom stereocenters. The number of para-hydroxylation sites is 1. The van der Waals surface area contributed by atoms with E-state index in [9.17, 15) is 19.4 Å². The number of nitrogens with two attached hydrogens (primary N) is 1. The number of rotatable bonds is 10. The summed E-state index contributed by atoms with van der Waals surface area (Å²) in [5.41, 5.74) is 5.34. The lowest BCUT2D eigenvalue weighted by atomic mass is 9.73. The van der Waals surface area contributed by atoms with Gasteiger partial charge in [0.2, 0.25) is 5.91 Å². The van der Waals surface area contributed by atoms with Gasteiger partial charge in [0.25, 0.3) is 0 Å².